The lowest BCUT2D eigenvalue weighted by atomic mass is 10.1. The number of benzene rings is 2. The van der Waals surface area contributed by atoms with Gasteiger partial charge in [0.25, 0.3) is 15.9 Å². The molecule has 0 saturated carbocycles. The van der Waals surface area contributed by atoms with Crippen LogP contribution in [-0.2, 0) is 14.8 Å². The first kappa shape index (κ1) is 18.7. The van der Waals surface area contributed by atoms with Crippen molar-refractivity contribution < 1.29 is 22.7 Å². The van der Waals surface area contributed by atoms with Crippen molar-refractivity contribution in [1.82, 2.24) is 10.0 Å². The number of carbonyl (C=O) groups excluding carboxylic acids is 2. The summed E-state index contributed by atoms with van der Waals surface area (Å²) in [6, 6.07) is 12.3. The number of nitrogens with one attached hydrogen (secondary N) is 3. The van der Waals surface area contributed by atoms with Gasteiger partial charge in [0, 0.05) is 13.0 Å². The van der Waals surface area contributed by atoms with Crippen LogP contribution < -0.4 is 20.1 Å². The highest BCUT2D eigenvalue weighted by atomic mass is 32.2. The van der Waals surface area contributed by atoms with Crippen LogP contribution in [0, 0.1) is 6.92 Å². The SMILES string of the molecule is Cc1ccc(S(=O)(=O)NC(=O)NCCC2Oc3ccccc3NC2=O)cc1. The third-order valence-electron chi connectivity index (χ3n) is 3.96. The fourth-order valence-corrected chi connectivity index (χ4v) is 3.46. The van der Waals surface area contributed by atoms with E-state index in [9.17, 15) is 18.0 Å². The van der Waals surface area contributed by atoms with E-state index in [1.54, 1.807) is 36.4 Å². The molecule has 0 radical (unpaired) electrons. The van der Waals surface area contributed by atoms with Gasteiger partial charge in [0.15, 0.2) is 6.10 Å². The summed E-state index contributed by atoms with van der Waals surface area (Å²) >= 11 is 0. The number of rotatable bonds is 5. The van der Waals surface area contributed by atoms with Gasteiger partial charge >= 0.3 is 6.03 Å². The minimum atomic E-state index is -3.95. The van der Waals surface area contributed by atoms with Crippen molar-refractivity contribution in [2.45, 2.75) is 24.3 Å². The second-order valence-corrected chi connectivity index (χ2v) is 7.74. The van der Waals surface area contributed by atoms with Gasteiger partial charge in [-0.15, -0.1) is 0 Å². The highest BCUT2D eigenvalue weighted by Crippen LogP contribution is 2.29. The van der Waals surface area contributed by atoms with E-state index in [1.165, 1.54) is 12.1 Å². The molecule has 0 fully saturated rings. The lowest BCUT2D eigenvalue weighted by Gasteiger charge is -2.25. The van der Waals surface area contributed by atoms with E-state index >= 15 is 0 Å². The molecule has 0 saturated heterocycles. The molecule has 3 rings (SSSR count). The Bertz CT molecular complexity index is 957. The maximum atomic E-state index is 12.1. The van der Waals surface area contributed by atoms with Crippen molar-refractivity contribution in [2.24, 2.45) is 0 Å². The predicted octanol–water partition coefficient (Wildman–Crippen LogP) is 1.77. The van der Waals surface area contributed by atoms with Crippen molar-refractivity contribution in [3.8, 4) is 5.75 Å². The zero-order valence-corrected chi connectivity index (χ0v) is 15.4. The zero-order valence-electron chi connectivity index (χ0n) is 14.6. The van der Waals surface area contributed by atoms with Gasteiger partial charge in [-0.25, -0.2) is 17.9 Å². The van der Waals surface area contributed by atoms with Gasteiger partial charge in [-0.1, -0.05) is 29.8 Å². The first-order valence-corrected chi connectivity index (χ1v) is 9.77. The maximum absolute atomic E-state index is 12.1. The second-order valence-electron chi connectivity index (χ2n) is 6.06. The standard InChI is InChI=1S/C18H19N3O5S/c1-12-6-8-13(9-7-12)27(24,25)21-18(23)19-11-10-16-17(22)20-14-4-2-3-5-15(14)26-16/h2-9,16H,10-11H2,1H3,(H,20,22)(H2,19,21,23). The van der Waals surface area contributed by atoms with Crippen LogP contribution >= 0.6 is 0 Å². The maximum Gasteiger partial charge on any atom is 0.328 e. The smallest absolute Gasteiger partial charge is 0.328 e. The van der Waals surface area contributed by atoms with Crippen LogP contribution in [0.4, 0.5) is 10.5 Å². The molecule has 9 heteroatoms. The molecule has 0 aromatic heterocycles. The molecule has 142 valence electrons. The van der Waals surface area contributed by atoms with Crippen molar-refractivity contribution in [3.05, 3.63) is 54.1 Å². The lowest BCUT2D eigenvalue weighted by Crippen LogP contribution is -2.43. The molecular weight excluding hydrogens is 370 g/mol. The number of carbonyl (C=O) groups is 2. The Morgan fingerprint density at radius 3 is 2.59 bits per heavy atom. The van der Waals surface area contributed by atoms with Crippen LogP contribution in [0.15, 0.2) is 53.4 Å². The van der Waals surface area contributed by atoms with E-state index in [0.717, 1.165) is 5.56 Å². The number of para-hydroxylation sites is 2. The Morgan fingerprint density at radius 1 is 1.15 bits per heavy atom. The van der Waals surface area contributed by atoms with Crippen LogP contribution in [-0.4, -0.2) is 33.0 Å². The number of aryl methyl sites for hydroxylation is 1. The molecule has 1 unspecified atom stereocenters. The van der Waals surface area contributed by atoms with Gasteiger partial charge in [-0.3, -0.25) is 4.79 Å². The minimum absolute atomic E-state index is 0.00477. The molecule has 8 nitrogen and oxygen atoms in total. The first-order chi connectivity index (χ1) is 12.8. The van der Waals surface area contributed by atoms with E-state index in [2.05, 4.69) is 10.6 Å². The molecule has 27 heavy (non-hydrogen) atoms. The first-order valence-electron chi connectivity index (χ1n) is 8.29. The number of amides is 3. The van der Waals surface area contributed by atoms with Crippen molar-refractivity contribution in [1.29, 1.82) is 0 Å². The molecule has 1 atom stereocenters. The second kappa shape index (κ2) is 7.67. The van der Waals surface area contributed by atoms with Crippen molar-refractivity contribution in [3.63, 3.8) is 0 Å². The summed E-state index contributed by atoms with van der Waals surface area (Å²) in [5.74, 6) is 0.233. The summed E-state index contributed by atoms with van der Waals surface area (Å²) in [7, 11) is -3.95. The third kappa shape index (κ3) is 4.56. The lowest BCUT2D eigenvalue weighted by molar-refractivity contribution is -0.123. The molecule has 2 aromatic carbocycles. The monoisotopic (exact) mass is 389 g/mol. The van der Waals surface area contributed by atoms with Gasteiger partial charge in [0.2, 0.25) is 0 Å². The predicted molar refractivity (Wildman–Crippen MR) is 99.0 cm³/mol. The molecule has 3 amide bonds. The van der Waals surface area contributed by atoms with E-state index in [4.69, 9.17) is 4.74 Å². The van der Waals surface area contributed by atoms with E-state index in [-0.39, 0.29) is 23.8 Å². The van der Waals surface area contributed by atoms with Gasteiger partial charge in [0.1, 0.15) is 5.75 Å². The van der Waals surface area contributed by atoms with Gasteiger partial charge in [0.05, 0.1) is 10.6 Å². The van der Waals surface area contributed by atoms with Crippen molar-refractivity contribution >= 4 is 27.6 Å². The molecule has 3 N–H and O–H groups in total. The molecule has 0 spiro atoms. The number of urea groups is 1. The van der Waals surface area contributed by atoms with E-state index < -0.39 is 22.2 Å². The van der Waals surface area contributed by atoms with Crippen molar-refractivity contribution in [2.75, 3.05) is 11.9 Å². The summed E-state index contributed by atoms with van der Waals surface area (Å²) in [4.78, 5) is 23.9. The average Bonchev–Trinajstić information content (AvgIpc) is 2.62. The van der Waals surface area contributed by atoms with Crippen LogP contribution in [0.1, 0.15) is 12.0 Å². The van der Waals surface area contributed by atoms with E-state index in [1.807, 2.05) is 11.6 Å². The van der Waals surface area contributed by atoms with Crippen LogP contribution in [0.3, 0.4) is 0 Å². The fourth-order valence-electron chi connectivity index (χ4n) is 2.53. The molecule has 1 heterocycles. The molecule has 0 aliphatic carbocycles. The van der Waals surface area contributed by atoms with E-state index in [0.29, 0.717) is 11.4 Å². The molecule has 2 aromatic rings. The quantitative estimate of drug-likeness (QED) is 0.721. The summed E-state index contributed by atoms with van der Waals surface area (Å²) in [5, 5.41) is 5.15. The van der Waals surface area contributed by atoms with Gasteiger partial charge in [-0.05, 0) is 31.2 Å². The number of ether oxygens (including phenoxy) is 1. The minimum Gasteiger partial charge on any atom is -0.478 e. The Hall–Kier alpha value is -3.07. The van der Waals surface area contributed by atoms with Crippen LogP contribution in [0.25, 0.3) is 0 Å². The molecule has 0 bridgehead atoms. The Kier molecular flexibility index (Phi) is 5.31. The fraction of sp³-hybridized carbons (Fsp3) is 0.222. The summed E-state index contributed by atoms with van der Waals surface area (Å²) < 4.78 is 31.8. The molecule has 1 aliphatic rings. The zero-order chi connectivity index (χ0) is 19.4. The van der Waals surface area contributed by atoms with Crippen LogP contribution in [0.2, 0.25) is 0 Å². The largest absolute Gasteiger partial charge is 0.478 e. The summed E-state index contributed by atoms with van der Waals surface area (Å²) in [6.45, 7) is 1.90. The van der Waals surface area contributed by atoms with Gasteiger partial charge in [-0.2, -0.15) is 0 Å². The highest BCUT2D eigenvalue weighted by molar-refractivity contribution is 7.90. The topological polar surface area (TPSA) is 114 Å². The Balaban J connectivity index is 1.51. The average molecular weight is 389 g/mol. The third-order valence-corrected chi connectivity index (χ3v) is 5.30. The molecular formula is C18H19N3O5S. The normalized spacial score (nSPS) is 15.9. The highest BCUT2D eigenvalue weighted by Gasteiger charge is 2.27. The number of sulfonamides is 1. The number of fused-ring (bicyclic) bond motifs is 1. The summed E-state index contributed by atoms with van der Waals surface area (Å²) in [6.07, 6.45) is -0.577. The number of hydrogen-bond acceptors (Lipinski definition) is 5. The Labute approximate surface area is 157 Å². The number of anilines is 1. The Morgan fingerprint density at radius 2 is 1.85 bits per heavy atom. The molecule has 1 aliphatic heterocycles. The van der Waals surface area contributed by atoms with Gasteiger partial charge < -0.3 is 15.4 Å². The van der Waals surface area contributed by atoms with Crippen LogP contribution in [0.5, 0.6) is 5.75 Å². The summed E-state index contributed by atoms with van der Waals surface area (Å²) in [5.41, 5.74) is 1.50. The number of hydrogen-bond donors (Lipinski definition) is 3.